The molecule has 6 nitrogen and oxygen atoms in total. The van der Waals surface area contributed by atoms with Crippen molar-refractivity contribution in [2.75, 3.05) is 5.32 Å². The molecular weight excluding hydrogens is 316 g/mol. The summed E-state index contributed by atoms with van der Waals surface area (Å²) in [7, 11) is 0. The summed E-state index contributed by atoms with van der Waals surface area (Å²) in [5.74, 6) is -0.519. The molecule has 2 aromatic heterocycles. The lowest BCUT2D eigenvalue weighted by Crippen LogP contribution is -2.18. The molecule has 3 rings (SSSR count). The molecule has 1 aromatic carbocycles. The fourth-order valence-corrected chi connectivity index (χ4v) is 2.42. The number of hydrogen-bond donors (Lipinski definition) is 2. The van der Waals surface area contributed by atoms with Crippen LogP contribution in [0.2, 0.25) is 5.02 Å². The number of para-hydroxylation sites is 1. The fourth-order valence-electron chi connectivity index (χ4n) is 2.25. The minimum atomic E-state index is -0.519. The normalized spacial score (nSPS) is 10.7. The number of carbonyl (C=O) groups excluding carboxylic acids is 1. The number of primary amides is 1. The number of aromatic nitrogens is 2. The molecule has 0 bridgehead atoms. The standard InChI is InChI=1S/C16H13ClN4O2/c17-10-5-6-14-20-11(7-15(22)21(14)9-10)8-19-13-4-2-1-3-12(13)16(18)23/h1-7,9,19H,8H2,(H2,18,23). The third-order valence-electron chi connectivity index (χ3n) is 3.33. The van der Waals surface area contributed by atoms with Crippen molar-refractivity contribution in [2.24, 2.45) is 5.73 Å². The summed E-state index contributed by atoms with van der Waals surface area (Å²) in [6.07, 6.45) is 1.52. The Bertz CT molecular complexity index is 952. The van der Waals surface area contributed by atoms with Crippen LogP contribution in [0.15, 0.2) is 53.5 Å². The number of rotatable bonds is 4. The van der Waals surface area contributed by atoms with E-state index >= 15 is 0 Å². The molecule has 0 fully saturated rings. The molecule has 0 aliphatic heterocycles. The van der Waals surface area contributed by atoms with E-state index in [9.17, 15) is 9.59 Å². The summed E-state index contributed by atoms with van der Waals surface area (Å²) < 4.78 is 1.38. The molecule has 0 aliphatic carbocycles. The second-order valence-corrected chi connectivity index (χ2v) is 5.36. The van der Waals surface area contributed by atoms with E-state index in [4.69, 9.17) is 17.3 Å². The van der Waals surface area contributed by atoms with Crippen LogP contribution in [0.1, 0.15) is 16.1 Å². The molecule has 116 valence electrons. The predicted octanol–water partition coefficient (Wildman–Crippen LogP) is 2.06. The second-order valence-electron chi connectivity index (χ2n) is 4.92. The number of halogens is 1. The lowest BCUT2D eigenvalue weighted by molar-refractivity contribution is 0.100. The van der Waals surface area contributed by atoms with Crippen LogP contribution in [0, 0.1) is 0 Å². The van der Waals surface area contributed by atoms with Gasteiger partial charge in [0.15, 0.2) is 0 Å². The van der Waals surface area contributed by atoms with Crippen LogP contribution in [0.5, 0.6) is 0 Å². The number of fused-ring (bicyclic) bond motifs is 1. The Kier molecular flexibility index (Phi) is 3.99. The number of nitrogens with one attached hydrogen (secondary N) is 1. The van der Waals surface area contributed by atoms with Gasteiger partial charge in [-0.15, -0.1) is 0 Å². The van der Waals surface area contributed by atoms with E-state index in [0.29, 0.717) is 34.2 Å². The highest BCUT2D eigenvalue weighted by Crippen LogP contribution is 2.15. The molecule has 0 spiro atoms. The highest BCUT2D eigenvalue weighted by molar-refractivity contribution is 6.30. The van der Waals surface area contributed by atoms with Crippen molar-refractivity contribution in [1.82, 2.24) is 9.38 Å². The minimum Gasteiger partial charge on any atom is -0.379 e. The first-order valence-electron chi connectivity index (χ1n) is 6.85. The number of anilines is 1. The van der Waals surface area contributed by atoms with Crippen LogP contribution in [0.25, 0.3) is 5.65 Å². The number of pyridine rings is 1. The van der Waals surface area contributed by atoms with Crippen LogP contribution >= 0.6 is 11.6 Å². The molecule has 0 aliphatic rings. The number of nitrogens with two attached hydrogens (primary N) is 1. The number of benzene rings is 1. The number of amides is 1. The van der Waals surface area contributed by atoms with Crippen LogP contribution in [-0.4, -0.2) is 15.3 Å². The summed E-state index contributed by atoms with van der Waals surface area (Å²) in [6, 6.07) is 11.7. The van der Waals surface area contributed by atoms with Crippen LogP contribution in [0.3, 0.4) is 0 Å². The van der Waals surface area contributed by atoms with Gasteiger partial charge < -0.3 is 11.1 Å². The molecule has 0 atom stereocenters. The van der Waals surface area contributed by atoms with Crippen molar-refractivity contribution in [2.45, 2.75) is 6.54 Å². The molecular formula is C16H13ClN4O2. The van der Waals surface area contributed by atoms with Gasteiger partial charge in [-0.2, -0.15) is 0 Å². The third-order valence-corrected chi connectivity index (χ3v) is 3.55. The van der Waals surface area contributed by atoms with Crippen LogP contribution in [0.4, 0.5) is 5.69 Å². The largest absolute Gasteiger partial charge is 0.379 e. The first kappa shape index (κ1) is 15.1. The maximum absolute atomic E-state index is 12.1. The van der Waals surface area contributed by atoms with Crippen molar-refractivity contribution in [3.8, 4) is 0 Å². The maximum Gasteiger partial charge on any atom is 0.258 e. The van der Waals surface area contributed by atoms with Crippen molar-refractivity contribution >= 4 is 28.8 Å². The van der Waals surface area contributed by atoms with Crippen molar-refractivity contribution in [3.05, 3.63) is 75.3 Å². The summed E-state index contributed by atoms with van der Waals surface area (Å²) in [4.78, 5) is 27.9. The average Bonchev–Trinajstić information content (AvgIpc) is 2.54. The van der Waals surface area contributed by atoms with Gasteiger partial charge in [-0.3, -0.25) is 14.0 Å². The van der Waals surface area contributed by atoms with E-state index in [-0.39, 0.29) is 5.56 Å². The SMILES string of the molecule is NC(=O)c1ccccc1NCc1cc(=O)n2cc(Cl)ccc2n1. The lowest BCUT2D eigenvalue weighted by atomic mass is 10.1. The zero-order chi connectivity index (χ0) is 16.4. The maximum atomic E-state index is 12.1. The monoisotopic (exact) mass is 328 g/mol. The molecule has 0 radical (unpaired) electrons. The fraction of sp³-hybridized carbons (Fsp3) is 0.0625. The van der Waals surface area contributed by atoms with Gasteiger partial charge in [-0.25, -0.2) is 4.98 Å². The Morgan fingerprint density at radius 1 is 1.26 bits per heavy atom. The first-order valence-corrected chi connectivity index (χ1v) is 7.23. The topological polar surface area (TPSA) is 89.5 Å². The van der Waals surface area contributed by atoms with Crippen LogP contribution < -0.4 is 16.6 Å². The Balaban J connectivity index is 1.90. The van der Waals surface area contributed by atoms with Gasteiger partial charge in [0.25, 0.3) is 11.5 Å². The lowest BCUT2D eigenvalue weighted by Gasteiger charge is -2.10. The second kappa shape index (κ2) is 6.10. The predicted molar refractivity (Wildman–Crippen MR) is 88.8 cm³/mol. The number of nitrogens with zero attached hydrogens (tertiary/aromatic N) is 2. The van der Waals surface area contributed by atoms with Crippen molar-refractivity contribution in [1.29, 1.82) is 0 Å². The molecule has 7 heteroatoms. The van der Waals surface area contributed by atoms with Gasteiger partial charge in [0.1, 0.15) is 5.65 Å². The Hall–Kier alpha value is -2.86. The molecule has 1 amide bonds. The number of hydrogen-bond acceptors (Lipinski definition) is 4. The molecule has 0 saturated carbocycles. The molecule has 0 saturated heterocycles. The summed E-state index contributed by atoms with van der Waals surface area (Å²) in [5, 5.41) is 3.54. The van der Waals surface area contributed by atoms with Gasteiger partial charge in [0.05, 0.1) is 22.8 Å². The zero-order valence-electron chi connectivity index (χ0n) is 12.0. The first-order chi connectivity index (χ1) is 11.0. The summed E-state index contributed by atoms with van der Waals surface area (Å²) >= 11 is 5.88. The van der Waals surface area contributed by atoms with Crippen LogP contribution in [-0.2, 0) is 6.54 Å². The summed E-state index contributed by atoms with van der Waals surface area (Å²) in [6.45, 7) is 0.290. The molecule has 2 heterocycles. The van der Waals surface area contributed by atoms with Gasteiger partial charge in [-0.05, 0) is 24.3 Å². The van der Waals surface area contributed by atoms with E-state index in [1.165, 1.54) is 16.7 Å². The molecule has 3 aromatic rings. The zero-order valence-corrected chi connectivity index (χ0v) is 12.7. The van der Waals surface area contributed by atoms with Gasteiger partial charge in [-0.1, -0.05) is 23.7 Å². The van der Waals surface area contributed by atoms with E-state index in [0.717, 1.165) is 0 Å². The number of carbonyl (C=O) groups is 1. The minimum absolute atomic E-state index is 0.225. The Morgan fingerprint density at radius 3 is 2.83 bits per heavy atom. The quantitative estimate of drug-likeness (QED) is 0.767. The van der Waals surface area contributed by atoms with Gasteiger partial charge in [0, 0.05) is 18.0 Å². The van der Waals surface area contributed by atoms with Crippen molar-refractivity contribution < 1.29 is 4.79 Å². The summed E-state index contributed by atoms with van der Waals surface area (Å²) in [5.41, 5.74) is 7.15. The average molecular weight is 329 g/mol. The van der Waals surface area contributed by atoms with E-state index < -0.39 is 5.91 Å². The highest BCUT2D eigenvalue weighted by Gasteiger charge is 2.08. The van der Waals surface area contributed by atoms with Crippen molar-refractivity contribution in [3.63, 3.8) is 0 Å². The molecule has 0 unspecified atom stereocenters. The van der Waals surface area contributed by atoms with E-state index in [1.54, 1.807) is 36.4 Å². The van der Waals surface area contributed by atoms with Gasteiger partial charge in [0.2, 0.25) is 0 Å². The van der Waals surface area contributed by atoms with E-state index in [2.05, 4.69) is 10.3 Å². The molecule has 3 N–H and O–H groups in total. The Labute approximate surface area is 136 Å². The van der Waals surface area contributed by atoms with Gasteiger partial charge >= 0.3 is 0 Å². The highest BCUT2D eigenvalue weighted by atomic mass is 35.5. The third kappa shape index (κ3) is 3.17. The molecule has 23 heavy (non-hydrogen) atoms. The smallest absolute Gasteiger partial charge is 0.258 e. The van der Waals surface area contributed by atoms with E-state index in [1.807, 2.05) is 0 Å². The Morgan fingerprint density at radius 2 is 2.04 bits per heavy atom.